The first kappa shape index (κ1) is 21.8. The number of aromatic nitrogens is 2. The van der Waals surface area contributed by atoms with E-state index in [1.165, 1.54) is 4.31 Å². The Morgan fingerprint density at radius 3 is 2.52 bits per heavy atom. The molecular weight excluding hydrogens is 460 g/mol. The summed E-state index contributed by atoms with van der Waals surface area (Å²) in [4.78, 5) is 15.0. The second kappa shape index (κ2) is 8.45. The normalized spacial score (nSPS) is 16.0. The van der Waals surface area contributed by atoms with Gasteiger partial charge in [-0.05, 0) is 54.4 Å². The summed E-state index contributed by atoms with van der Waals surface area (Å²) in [5.41, 5.74) is 1.60. The van der Waals surface area contributed by atoms with Gasteiger partial charge in [-0.3, -0.25) is 9.48 Å². The van der Waals surface area contributed by atoms with Crippen LogP contribution in [0.5, 0.6) is 5.75 Å². The highest BCUT2D eigenvalue weighted by atomic mass is 79.9. The van der Waals surface area contributed by atoms with E-state index in [0.29, 0.717) is 53.2 Å². The highest BCUT2D eigenvalue weighted by Gasteiger charge is 2.33. The molecule has 1 fully saturated rings. The molecule has 29 heavy (non-hydrogen) atoms. The van der Waals surface area contributed by atoms with E-state index in [2.05, 4.69) is 21.0 Å². The monoisotopic (exact) mass is 484 g/mol. The number of methoxy groups -OCH3 is 1. The molecule has 1 aliphatic rings. The van der Waals surface area contributed by atoms with Crippen molar-refractivity contribution in [2.45, 2.75) is 25.2 Å². The minimum atomic E-state index is -3.68. The highest BCUT2D eigenvalue weighted by molar-refractivity contribution is 9.10. The fourth-order valence-corrected chi connectivity index (χ4v) is 5.84. The minimum absolute atomic E-state index is 0.149. The molecule has 0 bridgehead atoms. The number of benzene rings is 1. The van der Waals surface area contributed by atoms with Crippen LogP contribution >= 0.6 is 15.9 Å². The van der Waals surface area contributed by atoms with Gasteiger partial charge >= 0.3 is 0 Å². The number of carbonyl (C=O) groups excluding carboxylic acids is 1. The van der Waals surface area contributed by atoms with E-state index < -0.39 is 10.0 Å². The fourth-order valence-electron chi connectivity index (χ4n) is 3.56. The third-order valence-corrected chi connectivity index (χ3v) is 8.03. The SMILES string of the molecule is COc1ccc(Br)c(C(=O)N2CCCN(S(=O)(=O)c3c(C)nn(C)c3C)CC2)c1. The fraction of sp³-hybridized carbons (Fsp3) is 0.474. The van der Waals surface area contributed by atoms with Crippen molar-refractivity contribution in [1.82, 2.24) is 19.0 Å². The first-order valence-corrected chi connectivity index (χ1v) is 11.5. The number of aryl methyl sites for hydroxylation is 2. The van der Waals surface area contributed by atoms with Crippen molar-refractivity contribution in [2.75, 3.05) is 33.3 Å². The smallest absolute Gasteiger partial charge is 0.255 e. The topological polar surface area (TPSA) is 84.7 Å². The van der Waals surface area contributed by atoms with Gasteiger partial charge < -0.3 is 9.64 Å². The molecule has 0 spiro atoms. The van der Waals surface area contributed by atoms with Gasteiger partial charge in [-0.1, -0.05) is 0 Å². The summed E-state index contributed by atoms with van der Waals surface area (Å²) in [7, 11) is -0.393. The van der Waals surface area contributed by atoms with Gasteiger partial charge in [-0.2, -0.15) is 9.40 Å². The Kier molecular flexibility index (Phi) is 6.35. The molecule has 1 aromatic heterocycles. The van der Waals surface area contributed by atoms with E-state index >= 15 is 0 Å². The Bertz CT molecular complexity index is 1040. The number of amides is 1. The Hall–Kier alpha value is -1.91. The Balaban J connectivity index is 1.81. The van der Waals surface area contributed by atoms with Crippen molar-refractivity contribution in [3.8, 4) is 5.75 Å². The third kappa shape index (κ3) is 4.19. The molecule has 1 aromatic carbocycles. The van der Waals surface area contributed by atoms with E-state index in [1.807, 2.05) is 0 Å². The van der Waals surface area contributed by atoms with E-state index in [9.17, 15) is 13.2 Å². The van der Waals surface area contributed by atoms with E-state index in [-0.39, 0.29) is 17.3 Å². The van der Waals surface area contributed by atoms with Gasteiger partial charge in [0.25, 0.3) is 5.91 Å². The molecule has 0 radical (unpaired) electrons. The molecule has 0 N–H and O–H groups in total. The number of nitrogens with zero attached hydrogens (tertiary/aromatic N) is 4. The zero-order chi connectivity index (χ0) is 21.3. The number of rotatable bonds is 4. The molecule has 10 heteroatoms. The summed E-state index contributed by atoms with van der Waals surface area (Å²) in [6.07, 6.45) is 0.560. The maximum absolute atomic E-state index is 13.2. The van der Waals surface area contributed by atoms with Crippen LogP contribution in [0.3, 0.4) is 0 Å². The minimum Gasteiger partial charge on any atom is -0.497 e. The van der Waals surface area contributed by atoms with Crippen LogP contribution in [-0.2, 0) is 17.1 Å². The first-order valence-electron chi connectivity index (χ1n) is 9.30. The predicted molar refractivity (Wildman–Crippen MR) is 113 cm³/mol. The Morgan fingerprint density at radius 1 is 1.17 bits per heavy atom. The predicted octanol–water partition coefficient (Wildman–Crippen LogP) is 2.34. The van der Waals surface area contributed by atoms with Gasteiger partial charge in [0.05, 0.1) is 24.1 Å². The van der Waals surface area contributed by atoms with E-state index in [4.69, 9.17) is 4.74 Å². The molecule has 0 atom stereocenters. The lowest BCUT2D eigenvalue weighted by Gasteiger charge is -2.22. The average molecular weight is 485 g/mol. The van der Waals surface area contributed by atoms with E-state index in [0.717, 1.165) is 0 Å². The summed E-state index contributed by atoms with van der Waals surface area (Å²) >= 11 is 3.42. The quantitative estimate of drug-likeness (QED) is 0.664. The van der Waals surface area contributed by atoms with Crippen LogP contribution in [0, 0.1) is 13.8 Å². The molecule has 0 aliphatic carbocycles. The van der Waals surface area contributed by atoms with Crippen LogP contribution in [-0.4, -0.2) is 66.6 Å². The number of hydrogen-bond donors (Lipinski definition) is 0. The summed E-state index contributed by atoms with van der Waals surface area (Å²) in [6.45, 7) is 4.86. The maximum atomic E-state index is 13.2. The molecule has 0 unspecified atom stereocenters. The van der Waals surface area contributed by atoms with Crippen LogP contribution < -0.4 is 4.74 Å². The molecular formula is C19H25BrN4O4S. The molecule has 0 saturated carbocycles. The van der Waals surface area contributed by atoms with Crippen molar-refractivity contribution in [3.05, 3.63) is 39.6 Å². The molecule has 8 nitrogen and oxygen atoms in total. The summed E-state index contributed by atoms with van der Waals surface area (Å²) in [5.74, 6) is 0.446. The van der Waals surface area contributed by atoms with Gasteiger partial charge in [-0.15, -0.1) is 0 Å². The zero-order valence-corrected chi connectivity index (χ0v) is 19.4. The van der Waals surface area contributed by atoms with Crippen LogP contribution in [0.15, 0.2) is 27.6 Å². The van der Waals surface area contributed by atoms with Gasteiger partial charge in [0, 0.05) is 37.7 Å². The van der Waals surface area contributed by atoms with Gasteiger partial charge in [-0.25, -0.2) is 8.42 Å². The van der Waals surface area contributed by atoms with E-state index in [1.54, 1.807) is 55.8 Å². The summed E-state index contributed by atoms with van der Waals surface area (Å²) in [6, 6.07) is 5.24. The zero-order valence-electron chi connectivity index (χ0n) is 17.0. The molecule has 1 saturated heterocycles. The second-order valence-corrected chi connectivity index (χ2v) is 9.75. The van der Waals surface area contributed by atoms with Crippen LogP contribution in [0.2, 0.25) is 0 Å². The standard InChI is InChI=1S/C19H25BrN4O4S/c1-13-18(14(2)22(3)21-13)29(26,27)24-9-5-8-23(10-11-24)19(25)16-12-15(28-4)6-7-17(16)20/h6-7,12H,5,8-11H2,1-4H3. The molecule has 1 amide bonds. The van der Waals surface area contributed by atoms with Gasteiger partial charge in [0.2, 0.25) is 10.0 Å². The van der Waals surface area contributed by atoms with Crippen molar-refractivity contribution >= 4 is 31.9 Å². The molecule has 158 valence electrons. The number of carbonyl (C=O) groups is 1. The van der Waals surface area contributed by atoms with Crippen LogP contribution in [0.1, 0.15) is 28.2 Å². The second-order valence-electron chi connectivity index (χ2n) is 7.02. The molecule has 1 aliphatic heterocycles. The van der Waals surface area contributed by atoms with Crippen molar-refractivity contribution < 1.29 is 17.9 Å². The van der Waals surface area contributed by atoms with Crippen molar-refractivity contribution in [2.24, 2.45) is 7.05 Å². The van der Waals surface area contributed by atoms with Crippen molar-refractivity contribution in [3.63, 3.8) is 0 Å². The van der Waals surface area contributed by atoms with Crippen molar-refractivity contribution in [1.29, 1.82) is 0 Å². The largest absolute Gasteiger partial charge is 0.497 e. The Morgan fingerprint density at radius 2 is 1.90 bits per heavy atom. The van der Waals surface area contributed by atoms with Crippen LogP contribution in [0.25, 0.3) is 0 Å². The average Bonchev–Trinajstić information content (AvgIpc) is 2.85. The number of halogens is 1. The Labute approximate surface area is 179 Å². The van der Waals surface area contributed by atoms with Gasteiger partial charge in [0.15, 0.2) is 0 Å². The molecule has 2 aromatic rings. The van der Waals surface area contributed by atoms with Gasteiger partial charge in [0.1, 0.15) is 10.6 Å². The molecule has 3 rings (SSSR count). The lowest BCUT2D eigenvalue weighted by atomic mass is 10.2. The number of sulfonamides is 1. The number of hydrogen-bond acceptors (Lipinski definition) is 5. The highest BCUT2D eigenvalue weighted by Crippen LogP contribution is 2.26. The number of ether oxygens (including phenoxy) is 1. The molecule has 2 heterocycles. The lowest BCUT2D eigenvalue weighted by molar-refractivity contribution is 0.0763. The summed E-state index contributed by atoms with van der Waals surface area (Å²) < 4.78 is 35.4. The maximum Gasteiger partial charge on any atom is 0.255 e. The summed E-state index contributed by atoms with van der Waals surface area (Å²) in [5, 5.41) is 4.23. The lowest BCUT2D eigenvalue weighted by Crippen LogP contribution is -2.37. The first-order chi connectivity index (χ1) is 13.7. The van der Waals surface area contributed by atoms with Crippen LogP contribution in [0.4, 0.5) is 0 Å². The third-order valence-electron chi connectivity index (χ3n) is 5.19.